The number of nitrogens with zero attached hydrogens (tertiary/aromatic N) is 1. The summed E-state index contributed by atoms with van der Waals surface area (Å²) in [6, 6.07) is 0.132. The average molecular weight is 216 g/mol. The first kappa shape index (κ1) is 12.4. The van der Waals surface area contributed by atoms with Crippen molar-refractivity contribution in [2.24, 2.45) is 0 Å². The van der Waals surface area contributed by atoms with Crippen LogP contribution in [0.3, 0.4) is 0 Å². The van der Waals surface area contributed by atoms with E-state index in [4.69, 9.17) is 9.47 Å². The molecule has 1 aliphatic heterocycles. The van der Waals surface area contributed by atoms with Gasteiger partial charge in [0.25, 0.3) is 0 Å². The van der Waals surface area contributed by atoms with Gasteiger partial charge in [0.2, 0.25) is 0 Å². The fourth-order valence-electron chi connectivity index (χ4n) is 1.86. The molecule has 5 nitrogen and oxygen atoms in total. The highest BCUT2D eigenvalue weighted by Crippen LogP contribution is 2.07. The highest BCUT2D eigenvalue weighted by Gasteiger charge is 2.29. The van der Waals surface area contributed by atoms with Gasteiger partial charge >= 0.3 is 5.97 Å². The van der Waals surface area contributed by atoms with Crippen LogP contribution in [-0.4, -0.2) is 63.4 Å². The van der Waals surface area contributed by atoms with Crippen molar-refractivity contribution in [1.29, 1.82) is 0 Å². The van der Waals surface area contributed by atoms with Crippen molar-refractivity contribution in [2.75, 3.05) is 40.5 Å². The summed E-state index contributed by atoms with van der Waals surface area (Å²) in [5.74, 6) is -0.217. The van der Waals surface area contributed by atoms with Crippen LogP contribution in [0.15, 0.2) is 0 Å². The maximum Gasteiger partial charge on any atom is 0.325 e. The van der Waals surface area contributed by atoms with Crippen molar-refractivity contribution in [3.63, 3.8) is 0 Å². The quantitative estimate of drug-likeness (QED) is 0.640. The molecule has 1 fully saturated rings. The minimum Gasteiger partial charge on any atom is -0.468 e. The van der Waals surface area contributed by atoms with Gasteiger partial charge in [0.05, 0.1) is 13.7 Å². The standard InChI is InChI=1S/C10H20N2O3/c1-8-6-12(5-4-11-8)9(7-14-2)10(13)15-3/h8-9,11H,4-7H2,1-3H3. The van der Waals surface area contributed by atoms with Gasteiger partial charge < -0.3 is 14.8 Å². The van der Waals surface area contributed by atoms with Gasteiger partial charge in [0, 0.05) is 32.8 Å². The lowest BCUT2D eigenvalue weighted by molar-refractivity contribution is -0.149. The molecule has 5 heteroatoms. The number of hydrogen-bond donors (Lipinski definition) is 1. The third-order valence-electron chi connectivity index (χ3n) is 2.64. The Morgan fingerprint density at radius 2 is 2.33 bits per heavy atom. The van der Waals surface area contributed by atoms with Crippen LogP contribution in [0.25, 0.3) is 0 Å². The second-order valence-corrected chi connectivity index (χ2v) is 3.84. The van der Waals surface area contributed by atoms with Crippen molar-refractivity contribution >= 4 is 5.97 Å². The smallest absolute Gasteiger partial charge is 0.325 e. The van der Waals surface area contributed by atoms with Gasteiger partial charge in [-0.1, -0.05) is 0 Å². The molecule has 2 atom stereocenters. The van der Waals surface area contributed by atoms with E-state index >= 15 is 0 Å². The Labute approximate surface area is 90.7 Å². The van der Waals surface area contributed by atoms with E-state index in [1.165, 1.54) is 7.11 Å². The Bertz CT molecular complexity index is 211. The molecule has 0 aromatic heterocycles. The molecule has 15 heavy (non-hydrogen) atoms. The number of methoxy groups -OCH3 is 2. The van der Waals surface area contributed by atoms with Crippen LogP contribution in [0.5, 0.6) is 0 Å². The molecule has 2 unspecified atom stereocenters. The Kier molecular flexibility index (Phi) is 5.01. The average Bonchev–Trinajstić information content (AvgIpc) is 2.25. The molecule has 0 aromatic rings. The summed E-state index contributed by atoms with van der Waals surface area (Å²) in [5.41, 5.74) is 0. The molecule has 1 heterocycles. The SMILES string of the molecule is COCC(C(=O)OC)N1CCNC(C)C1. The van der Waals surface area contributed by atoms with Gasteiger partial charge in [-0.05, 0) is 6.92 Å². The molecule has 1 saturated heterocycles. The molecular formula is C10H20N2O3. The first-order valence-electron chi connectivity index (χ1n) is 5.23. The molecule has 0 bridgehead atoms. The second kappa shape index (κ2) is 6.05. The van der Waals surface area contributed by atoms with Crippen molar-refractivity contribution in [3.05, 3.63) is 0 Å². The Morgan fingerprint density at radius 3 is 2.87 bits per heavy atom. The van der Waals surface area contributed by atoms with Gasteiger partial charge in [-0.2, -0.15) is 0 Å². The van der Waals surface area contributed by atoms with Gasteiger partial charge in [-0.25, -0.2) is 0 Å². The van der Waals surface area contributed by atoms with Crippen molar-refractivity contribution < 1.29 is 14.3 Å². The summed E-state index contributed by atoms with van der Waals surface area (Å²) >= 11 is 0. The number of rotatable bonds is 4. The van der Waals surface area contributed by atoms with E-state index in [2.05, 4.69) is 17.1 Å². The number of esters is 1. The lowest BCUT2D eigenvalue weighted by atomic mass is 10.1. The molecule has 0 radical (unpaired) electrons. The molecule has 88 valence electrons. The summed E-state index contributed by atoms with van der Waals surface area (Å²) in [7, 11) is 3.01. The number of hydrogen-bond acceptors (Lipinski definition) is 5. The number of nitrogens with one attached hydrogen (secondary N) is 1. The Morgan fingerprint density at radius 1 is 1.60 bits per heavy atom. The van der Waals surface area contributed by atoms with Crippen LogP contribution in [-0.2, 0) is 14.3 Å². The fraction of sp³-hybridized carbons (Fsp3) is 0.900. The van der Waals surface area contributed by atoms with Crippen molar-refractivity contribution in [2.45, 2.75) is 19.0 Å². The predicted molar refractivity (Wildman–Crippen MR) is 56.7 cm³/mol. The molecular weight excluding hydrogens is 196 g/mol. The molecule has 0 aromatic carbocycles. The monoisotopic (exact) mass is 216 g/mol. The molecule has 1 N–H and O–H groups in total. The Balaban J connectivity index is 2.57. The van der Waals surface area contributed by atoms with Crippen LogP contribution in [0.4, 0.5) is 0 Å². The minimum atomic E-state index is -0.274. The zero-order chi connectivity index (χ0) is 11.3. The van der Waals surface area contributed by atoms with Gasteiger partial charge in [0.1, 0.15) is 6.04 Å². The molecule has 1 aliphatic rings. The van der Waals surface area contributed by atoms with E-state index in [1.807, 2.05) is 0 Å². The molecule has 0 amide bonds. The van der Waals surface area contributed by atoms with E-state index < -0.39 is 0 Å². The van der Waals surface area contributed by atoms with E-state index in [-0.39, 0.29) is 12.0 Å². The lowest BCUT2D eigenvalue weighted by Gasteiger charge is -2.35. The number of carbonyl (C=O) groups excluding carboxylic acids is 1. The van der Waals surface area contributed by atoms with Crippen LogP contribution >= 0.6 is 0 Å². The molecule has 0 spiro atoms. The summed E-state index contributed by atoms with van der Waals surface area (Å²) in [6.45, 7) is 5.10. The largest absolute Gasteiger partial charge is 0.468 e. The molecule has 1 rings (SSSR count). The summed E-state index contributed by atoms with van der Waals surface area (Å²) < 4.78 is 9.82. The van der Waals surface area contributed by atoms with Crippen molar-refractivity contribution in [1.82, 2.24) is 10.2 Å². The lowest BCUT2D eigenvalue weighted by Crippen LogP contribution is -2.56. The van der Waals surface area contributed by atoms with Gasteiger partial charge in [0.15, 0.2) is 0 Å². The third kappa shape index (κ3) is 3.44. The van der Waals surface area contributed by atoms with Crippen molar-refractivity contribution in [3.8, 4) is 0 Å². The first-order chi connectivity index (χ1) is 7.19. The van der Waals surface area contributed by atoms with Gasteiger partial charge in [-0.3, -0.25) is 9.69 Å². The van der Waals surface area contributed by atoms with Crippen LogP contribution < -0.4 is 5.32 Å². The normalized spacial score (nSPS) is 24.9. The zero-order valence-corrected chi connectivity index (χ0v) is 9.66. The third-order valence-corrected chi connectivity index (χ3v) is 2.64. The number of carbonyl (C=O) groups is 1. The van der Waals surface area contributed by atoms with E-state index in [0.29, 0.717) is 12.6 Å². The van der Waals surface area contributed by atoms with E-state index in [0.717, 1.165) is 19.6 Å². The van der Waals surface area contributed by atoms with E-state index in [9.17, 15) is 4.79 Å². The minimum absolute atomic E-state index is 0.217. The van der Waals surface area contributed by atoms with Crippen LogP contribution in [0.1, 0.15) is 6.92 Å². The highest BCUT2D eigenvalue weighted by atomic mass is 16.5. The predicted octanol–water partition coefficient (Wildman–Crippen LogP) is -0.532. The topological polar surface area (TPSA) is 50.8 Å². The van der Waals surface area contributed by atoms with Crippen LogP contribution in [0.2, 0.25) is 0 Å². The summed E-state index contributed by atoms with van der Waals surface area (Å²) in [5, 5.41) is 3.33. The number of piperazine rings is 1. The first-order valence-corrected chi connectivity index (χ1v) is 5.23. The maximum absolute atomic E-state index is 11.5. The fourth-order valence-corrected chi connectivity index (χ4v) is 1.86. The maximum atomic E-state index is 11.5. The Hall–Kier alpha value is -0.650. The van der Waals surface area contributed by atoms with E-state index in [1.54, 1.807) is 7.11 Å². The number of ether oxygens (including phenoxy) is 2. The van der Waals surface area contributed by atoms with Crippen LogP contribution in [0, 0.1) is 0 Å². The summed E-state index contributed by atoms with van der Waals surface area (Å²) in [4.78, 5) is 13.7. The van der Waals surface area contributed by atoms with Gasteiger partial charge in [-0.15, -0.1) is 0 Å². The second-order valence-electron chi connectivity index (χ2n) is 3.84. The molecule has 0 aliphatic carbocycles. The zero-order valence-electron chi connectivity index (χ0n) is 9.66. The molecule has 0 saturated carbocycles. The highest BCUT2D eigenvalue weighted by molar-refractivity contribution is 5.75. The summed E-state index contributed by atoms with van der Waals surface area (Å²) in [6.07, 6.45) is 0.